The molecule has 0 atom stereocenters. The number of aromatic nitrogens is 1. The van der Waals surface area contributed by atoms with Crippen molar-refractivity contribution < 1.29 is 9.21 Å². The van der Waals surface area contributed by atoms with E-state index >= 15 is 0 Å². The highest BCUT2D eigenvalue weighted by Crippen LogP contribution is 2.26. The zero-order valence-corrected chi connectivity index (χ0v) is 9.03. The van der Waals surface area contributed by atoms with Gasteiger partial charge in [0.1, 0.15) is 5.76 Å². The minimum Gasteiger partial charge on any atom is -0.453 e. The highest BCUT2D eigenvalue weighted by atomic mass is 32.1. The molecule has 2 aromatic heterocycles. The molecule has 0 unspecified atom stereocenters. The number of furan rings is 1. The Labute approximate surface area is 95.5 Å². The lowest BCUT2D eigenvalue weighted by Crippen LogP contribution is -1.74. The quantitative estimate of drug-likeness (QED) is 0.633. The van der Waals surface area contributed by atoms with E-state index in [1.165, 1.54) is 11.5 Å². The third-order valence-electron chi connectivity index (χ3n) is 2.39. The Morgan fingerprint density at radius 2 is 2.19 bits per heavy atom. The predicted octanol–water partition coefficient (Wildman–Crippen LogP) is 3.37. The third-order valence-corrected chi connectivity index (χ3v) is 3.05. The van der Waals surface area contributed by atoms with Gasteiger partial charge in [0.15, 0.2) is 12.0 Å². The van der Waals surface area contributed by atoms with Crippen molar-refractivity contribution in [1.82, 2.24) is 4.37 Å². The molecule has 16 heavy (non-hydrogen) atoms. The molecule has 0 saturated heterocycles. The summed E-state index contributed by atoms with van der Waals surface area (Å²) < 4.78 is 9.59. The maximum atomic E-state index is 10.5. The first-order valence-corrected chi connectivity index (χ1v) is 5.60. The van der Waals surface area contributed by atoms with Crippen LogP contribution >= 0.6 is 11.5 Å². The monoisotopic (exact) mass is 229 g/mol. The molecule has 0 saturated carbocycles. The van der Waals surface area contributed by atoms with Crippen LogP contribution in [0.3, 0.4) is 0 Å². The molecule has 0 bridgehead atoms. The molecule has 0 aliphatic heterocycles. The van der Waals surface area contributed by atoms with Gasteiger partial charge >= 0.3 is 0 Å². The number of rotatable bonds is 2. The van der Waals surface area contributed by atoms with Crippen LogP contribution in [-0.4, -0.2) is 10.7 Å². The van der Waals surface area contributed by atoms with Gasteiger partial charge in [0, 0.05) is 16.3 Å². The average Bonchev–Trinajstić information content (AvgIpc) is 2.96. The second-order valence-corrected chi connectivity index (χ2v) is 4.04. The Morgan fingerprint density at radius 3 is 3.00 bits per heavy atom. The van der Waals surface area contributed by atoms with Gasteiger partial charge in [-0.05, 0) is 41.9 Å². The smallest absolute Gasteiger partial charge is 0.185 e. The molecule has 0 fully saturated rings. The number of fused-ring (bicyclic) bond motifs is 1. The highest BCUT2D eigenvalue weighted by molar-refractivity contribution is 7.04. The molecule has 78 valence electrons. The largest absolute Gasteiger partial charge is 0.453 e. The summed E-state index contributed by atoms with van der Waals surface area (Å²) in [6.07, 6.45) is 0.703. The first-order chi connectivity index (χ1) is 7.86. The van der Waals surface area contributed by atoms with E-state index in [0.29, 0.717) is 17.8 Å². The van der Waals surface area contributed by atoms with E-state index in [1.807, 2.05) is 23.6 Å². The molecule has 3 aromatic rings. The van der Waals surface area contributed by atoms with Crippen LogP contribution in [0.25, 0.3) is 22.2 Å². The number of nitrogens with zero attached hydrogens (tertiary/aromatic N) is 1. The summed E-state index contributed by atoms with van der Waals surface area (Å²) in [5, 5.41) is 3.08. The molecule has 4 heteroatoms. The molecule has 0 aliphatic rings. The molecule has 2 heterocycles. The van der Waals surface area contributed by atoms with Crippen molar-refractivity contribution >= 4 is 28.7 Å². The van der Waals surface area contributed by atoms with Crippen LogP contribution in [0.4, 0.5) is 0 Å². The summed E-state index contributed by atoms with van der Waals surface area (Å²) in [5.41, 5.74) is 1.94. The predicted molar refractivity (Wildman–Crippen MR) is 62.7 cm³/mol. The van der Waals surface area contributed by atoms with Gasteiger partial charge in [-0.15, -0.1) is 0 Å². The third kappa shape index (κ3) is 1.44. The Kier molecular flexibility index (Phi) is 2.08. The van der Waals surface area contributed by atoms with E-state index in [4.69, 9.17) is 4.42 Å². The number of hydrogen-bond acceptors (Lipinski definition) is 4. The lowest BCUT2D eigenvalue weighted by molar-refractivity contribution is 0.110. The maximum absolute atomic E-state index is 10.5. The summed E-state index contributed by atoms with van der Waals surface area (Å²) in [5.74, 6) is 1.05. The van der Waals surface area contributed by atoms with E-state index < -0.39 is 0 Å². The fourth-order valence-electron chi connectivity index (χ4n) is 1.60. The molecule has 3 rings (SSSR count). The SMILES string of the molecule is O=Cc1ccc(-c2ccc3nscc3c2)o1. The molecular weight excluding hydrogens is 222 g/mol. The van der Waals surface area contributed by atoms with E-state index in [2.05, 4.69) is 4.37 Å². The van der Waals surface area contributed by atoms with Crippen molar-refractivity contribution in [1.29, 1.82) is 0 Å². The van der Waals surface area contributed by atoms with Crippen LogP contribution in [0, 0.1) is 0 Å². The van der Waals surface area contributed by atoms with E-state index in [-0.39, 0.29) is 0 Å². The normalized spacial score (nSPS) is 10.8. The van der Waals surface area contributed by atoms with Gasteiger partial charge in [0.25, 0.3) is 0 Å². The number of benzene rings is 1. The number of carbonyl (C=O) groups is 1. The molecule has 0 amide bonds. The van der Waals surface area contributed by atoms with Crippen LogP contribution in [0.1, 0.15) is 10.6 Å². The fourth-order valence-corrected chi connectivity index (χ4v) is 2.23. The molecule has 1 aromatic carbocycles. The zero-order chi connectivity index (χ0) is 11.0. The summed E-state index contributed by atoms with van der Waals surface area (Å²) in [7, 11) is 0. The van der Waals surface area contributed by atoms with Crippen molar-refractivity contribution in [3.05, 3.63) is 41.5 Å². The molecule has 0 spiro atoms. The lowest BCUT2D eigenvalue weighted by atomic mass is 10.1. The molecule has 0 aliphatic carbocycles. The second kappa shape index (κ2) is 3.57. The average molecular weight is 229 g/mol. The van der Waals surface area contributed by atoms with Crippen LogP contribution < -0.4 is 0 Å². The minimum absolute atomic E-state index is 0.346. The number of hydrogen-bond donors (Lipinski definition) is 0. The number of carbonyl (C=O) groups excluding carboxylic acids is 1. The van der Waals surface area contributed by atoms with Crippen LogP contribution in [-0.2, 0) is 0 Å². The number of aldehydes is 1. The summed E-state index contributed by atoms with van der Waals surface area (Å²) in [6, 6.07) is 9.36. The van der Waals surface area contributed by atoms with Gasteiger partial charge in [0.05, 0.1) is 5.52 Å². The van der Waals surface area contributed by atoms with Gasteiger partial charge in [-0.2, -0.15) is 4.37 Å². The lowest BCUT2D eigenvalue weighted by Gasteiger charge is -1.96. The van der Waals surface area contributed by atoms with E-state index in [9.17, 15) is 4.79 Å². The van der Waals surface area contributed by atoms with Gasteiger partial charge in [0.2, 0.25) is 0 Å². The fraction of sp³-hybridized carbons (Fsp3) is 0. The maximum Gasteiger partial charge on any atom is 0.185 e. The summed E-state index contributed by atoms with van der Waals surface area (Å²) in [6.45, 7) is 0. The van der Waals surface area contributed by atoms with Crippen molar-refractivity contribution in [2.24, 2.45) is 0 Å². The highest BCUT2D eigenvalue weighted by Gasteiger charge is 2.05. The van der Waals surface area contributed by atoms with Crippen molar-refractivity contribution in [3.8, 4) is 11.3 Å². The first kappa shape index (κ1) is 9.30. The van der Waals surface area contributed by atoms with Gasteiger partial charge in [-0.1, -0.05) is 0 Å². The Hall–Kier alpha value is -1.94. The van der Waals surface area contributed by atoms with Crippen molar-refractivity contribution in [2.45, 2.75) is 0 Å². The molecular formula is C12H7NO2S. The zero-order valence-electron chi connectivity index (χ0n) is 8.21. The molecule has 3 nitrogen and oxygen atoms in total. The Morgan fingerprint density at radius 1 is 1.25 bits per heavy atom. The van der Waals surface area contributed by atoms with E-state index in [0.717, 1.165) is 16.5 Å². The van der Waals surface area contributed by atoms with Crippen LogP contribution in [0.2, 0.25) is 0 Å². The Bertz CT molecular complexity index is 654. The Balaban J connectivity index is 2.13. The summed E-state index contributed by atoms with van der Waals surface area (Å²) >= 11 is 1.43. The minimum atomic E-state index is 0.346. The molecule has 0 N–H and O–H groups in total. The van der Waals surface area contributed by atoms with Crippen molar-refractivity contribution in [3.63, 3.8) is 0 Å². The summed E-state index contributed by atoms with van der Waals surface area (Å²) in [4.78, 5) is 10.5. The van der Waals surface area contributed by atoms with Gasteiger partial charge in [-0.3, -0.25) is 4.79 Å². The van der Waals surface area contributed by atoms with E-state index in [1.54, 1.807) is 12.1 Å². The first-order valence-electron chi connectivity index (χ1n) is 4.76. The van der Waals surface area contributed by atoms with Crippen LogP contribution in [0.5, 0.6) is 0 Å². The molecule has 0 radical (unpaired) electrons. The second-order valence-electron chi connectivity index (χ2n) is 3.41. The topological polar surface area (TPSA) is 43.1 Å². The standard InChI is InChI=1S/C12H7NO2S/c14-6-10-2-4-12(15-10)8-1-3-11-9(5-8)7-16-13-11/h1-7H. The van der Waals surface area contributed by atoms with Gasteiger partial charge in [-0.25, -0.2) is 0 Å². The van der Waals surface area contributed by atoms with Gasteiger partial charge < -0.3 is 4.42 Å². The van der Waals surface area contributed by atoms with Crippen LogP contribution in [0.15, 0.2) is 40.1 Å². The van der Waals surface area contributed by atoms with Crippen molar-refractivity contribution in [2.75, 3.05) is 0 Å².